The third-order valence-electron chi connectivity index (χ3n) is 5.34. The molecule has 27 heavy (non-hydrogen) atoms. The summed E-state index contributed by atoms with van der Waals surface area (Å²) in [6.45, 7) is 4.50. The fourth-order valence-electron chi connectivity index (χ4n) is 3.56. The molecule has 154 valence electrons. The molecule has 0 radical (unpaired) electrons. The molecule has 1 rings (SSSR count). The van der Waals surface area contributed by atoms with Gasteiger partial charge in [-0.05, 0) is 25.0 Å². The number of carbonyl (C=O) groups is 1. The van der Waals surface area contributed by atoms with E-state index in [0.29, 0.717) is 0 Å². The lowest BCUT2D eigenvalue weighted by Gasteiger charge is -2.17. The first-order valence-corrected chi connectivity index (χ1v) is 11.7. The Bertz CT molecular complexity index is 503. The van der Waals surface area contributed by atoms with Crippen LogP contribution < -0.4 is 5.32 Å². The summed E-state index contributed by atoms with van der Waals surface area (Å²) >= 11 is 4.46. The Hall–Kier alpha value is -0.960. The molecule has 3 heteroatoms. The molecule has 0 spiro atoms. The van der Waals surface area contributed by atoms with Crippen molar-refractivity contribution in [3.63, 3.8) is 0 Å². The molecule has 1 unspecified atom stereocenters. The van der Waals surface area contributed by atoms with Gasteiger partial charge in [0.25, 0.3) is 0 Å². The third kappa shape index (κ3) is 11.5. The number of hydrogen-bond donors (Lipinski definition) is 2. The number of carbonyl (C=O) groups excluding carboxylic acids is 1. The zero-order chi connectivity index (χ0) is 19.7. The van der Waals surface area contributed by atoms with Gasteiger partial charge in [0.05, 0.1) is 5.69 Å². The maximum absolute atomic E-state index is 12.8. The van der Waals surface area contributed by atoms with Crippen molar-refractivity contribution in [3.8, 4) is 0 Å². The van der Waals surface area contributed by atoms with Gasteiger partial charge in [0.2, 0.25) is 5.91 Å². The van der Waals surface area contributed by atoms with E-state index in [1.807, 2.05) is 24.3 Å². The van der Waals surface area contributed by atoms with Gasteiger partial charge in [-0.25, -0.2) is 0 Å². The van der Waals surface area contributed by atoms with Crippen molar-refractivity contribution in [2.24, 2.45) is 5.92 Å². The van der Waals surface area contributed by atoms with Gasteiger partial charge in [-0.2, -0.15) is 0 Å². The fraction of sp³-hybridized carbons (Fsp3) is 0.708. The SMILES string of the molecule is CCCCCCCCCC(CCCCCCC)C(=O)Nc1ccccc1S. The van der Waals surface area contributed by atoms with Crippen molar-refractivity contribution < 1.29 is 4.79 Å². The molecule has 1 aromatic carbocycles. The molecule has 0 saturated heterocycles. The number of anilines is 1. The summed E-state index contributed by atoms with van der Waals surface area (Å²) < 4.78 is 0. The number of nitrogens with one attached hydrogen (secondary N) is 1. The van der Waals surface area contributed by atoms with Crippen molar-refractivity contribution in [1.29, 1.82) is 0 Å². The smallest absolute Gasteiger partial charge is 0.227 e. The number of rotatable bonds is 16. The van der Waals surface area contributed by atoms with Gasteiger partial charge in [0.1, 0.15) is 0 Å². The summed E-state index contributed by atoms with van der Waals surface area (Å²) in [7, 11) is 0. The molecular formula is C24H41NOS. The van der Waals surface area contributed by atoms with Gasteiger partial charge >= 0.3 is 0 Å². The quantitative estimate of drug-likeness (QED) is 0.217. The number of amides is 1. The molecule has 0 bridgehead atoms. The van der Waals surface area contributed by atoms with Crippen LogP contribution >= 0.6 is 12.6 Å². The van der Waals surface area contributed by atoms with E-state index in [4.69, 9.17) is 0 Å². The molecule has 1 N–H and O–H groups in total. The van der Waals surface area contributed by atoms with Crippen LogP contribution in [0.4, 0.5) is 5.69 Å². The lowest BCUT2D eigenvalue weighted by atomic mass is 9.93. The van der Waals surface area contributed by atoms with E-state index in [9.17, 15) is 4.79 Å². The fourth-order valence-corrected chi connectivity index (χ4v) is 3.78. The first kappa shape index (κ1) is 24.1. The maximum atomic E-state index is 12.8. The second kappa shape index (κ2) is 16.0. The minimum Gasteiger partial charge on any atom is -0.325 e. The van der Waals surface area contributed by atoms with E-state index in [1.165, 1.54) is 70.6 Å². The van der Waals surface area contributed by atoms with E-state index >= 15 is 0 Å². The van der Waals surface area contributed by atoms with E-state index in [1.54, 1.807) is 0 Å². The van der Waals surface area contributed by atoms with Crippen molar-refractivity contribution in [2.45, 2.75) is 109 Å². The highest BCUT2D eigenvalue weighted by atomic mass is 32.1. The number of hydrogen-bond acceptors (Lipinski definition) is 2. The average Bonchev–Trinajstić information content (AvgIpc) is 2.67. The first-order chi connectivity index (χ1) is 13.2. The Morgan fingerprint density at radius 3 is 1.81 bits per heavy atom. The summed E-state index contributed by atoms with van der Waals surface area (Å²) in [5, 5.41) is 3.12. The molecule has 0 aromatic heterocycles. The van der Waals surface area contributed by atoms with Gasteiger partial charge in [0, 0.05) is 10.8 Å². The summed E-state index contributed by atoms with van der Waals surface area (Å²) in [5.74, 6) is 0.313. The molecule has 0 aliphatic rings. The summed E-state index contributed by atoms with van der Waals surface area (Å²) in [4.78, 5) is 13.7. The molecule has 1 atom stereocenters. The normalized spacial score (nSPS) is 12.1. The number of benzene rings is 1. The van der Waals surface area contributed by atoms with E-state index < -0.39 is 0 Å². The van der Waals surface area contributed by atoms with Crippen LogP contribution in [0.1, 0.15) is 104 Å². The molecule has 1 amide bonds. The average molecular weight is 392 g/mol. The van der Waals surface area contributed by atoms with Crippen LogP contribution in [0, 0.1) is 5.92 Å². The van der Waals surface area contributed by atoms with Crippen LogP contribution in [0.2, 0.25) is 0 Å². The monoisotopic (exact) mass is 391 g/mol. The molecule has 2 nitrogen and oxygen atoms in total. The third-order valence-corrected chi connectivity index (χ3v) is 5.73. The van der Waals surface area contributed by atoms with Crippen LogP contribution in [0.5, 0.6) is 0 Å². The predicted octanol–water partition coefficient (Wildman–Crippen LogP) is 8.03. The summed E-state index contributed by atoms with van der Waals surface area (Å²) in [6, 6.07) is 7.76. The van der Waals surface area contributed by atoms with Crippen molar-refractivity contribution in [3.05, 3.63) is 24.3 Å². The highest BCUT2D eigenvalue weighted by molar-refractivity contribution is 7.80. The Balaban J connectivity index is 2.43. The van der Waals surface area contributed by atoms with E-state index in [-0.39, 0.29) is 11.8 Å². The van der Waals surface area contributed by atoms with Crippen molar-refractivity contribution >= 4 is 24.2 Å². The topological polar surface area (TPSA) is 29.1 Å². The van der Waals surface area contributed by atoms with Crippen molar-refractivity contribution in [1.82, 2.24) is 0 Å². The molecular weight excluding hydrogens is 350 g/mol. The number of thiol groups is 1. The molecule has 1 aromatic rings. The molecule has 0 fully saturated rings. The maximum Gasteiger partial charge on any atom is 0.227 e. The highest BCUT2D eigenvalue weighted by Gasteiger charge is 2.18. The van der Waals surface area contributed by atoms with Gasteiger partial charge in [-0.15, -0.1) is 12.6 Å². The standard InChI is InChI=1S/C24H41NOS/c1-3-5-7-9-10-12-14-18-21(17-13-11-8-6-4-2)24(26)25-22-19-15-16-20-23(22)27/h15-16,19-21,27H,3-14,17-18H2,1-2H3,(H,25,26). The zero-order valence-corrected chi connectivity index (χ0v) is 18.5. The number of para-hydroxylation sites is 1. The Morgan fingerprint density at radius 2 is 1.30 bits per heavy atom. The van der Waals surface area contributed by atoms with Gasteiger partial charge in [-0.3, -0.25) is 4.79 Å². The molecule has 0 heterocycles. The van der Waals surface area contributed by atoms with E-state index in [0.717, 1.165) is 29.8 Å². The minimum absolute atomic E-state index is 0.134. The second-order valence-corrected chi connectivity index (χ2v) is 8.30. The Morgan fingerprint density at radius 1 is 0.815 bits per heavy atom. The summed E-state index contributed by atoms with van der Waals surface area (Å²) in [5.41, 5.74) is 0.835. The van der Waals surface area contributed by atoms with Crippen LogP contribution in [0.25, 0.3) is 0 Å². The minimum atomic E-state index is 0.134. The van der Waals surface area contributed by atoms with E-state index in [2.05, 4.69) is 31.8 Å². The summed E-state index contributed by atoms with van der Waals surface area (Å²) in [6.07, 6.45) is 17.4. The van der Waals surface area contributed by atoms with Crippen LogP contribution in [0.15, 0.2) is 29.2 Å². The number of unbranched alkanes of at least 4 members (excludes halogenated alkanes) is 10. The Labute approximate surface area is 173 Å². The van der Waals surface area contributed by atoms with Crippen LogP contribution in [-0.2, 0) is 4.79 Å². The van der Waals surface area contributed by atoms with Gasteiger partial charge < -0.3 is 5.32 Å². The molecule has 0 aliphatic heterocycles. The Kier molecular flexibility index (Phi) is 14.3. The second-order valence-electron chi connectivity index (χ2n) is 7.82. The van der Waals surface area contributed by atoms with Gasteiger partial charge in [0.15, 0.2) is 0 Å². The predicted molar refractivity (Wildman–Crippen MR) is 122 cm³/mol. The van der Waals surface area contributed by atoms with Crippen LogP contribution in [-0.4, -0.2) is 5.91 Å². The largest absolute Gasteiger partial charge is 0.325 e. The lowest BCUT2D eigenvalue weighted by molar-refractivity contribution is -0.120. The van der Waals surface area contributed by atoms with Gasteiger partial charge in [-0.1, -0.05) is 103 Å². The zero-order valence-electron chi connectivity index (χ0n) is 17.6. The molecule has 0 aliphatic carbocycles. The molecule has 0 saturated carbocycles. The van der Waals surface area contributed by atoms with Crippen LogP contribution in [0.3, 0.4) is 0 Å². The lowest BCUT2D eigenvalue weighted by Crippen LogP contribution is -2.23. The highest BCUT2D eigenvalue weighted by Crippen LogP contribution is 2.24. The first-order valence-electron chi connectivity index (χ1n) is 11.3. The van der Waals surface area contributed by atoms with Crippen molar-refractivity contribution in [2.75, 3.05) is 5.32 Å².